The second-order valence-corrected chi connectivity index (χ2v) is 8.92. The molecule has 3 rings (SSSR count). The Morgan fingerprint density at radius 1 is 1.40 bits per heavy atom. The van der Waals surface area contributed by atoms with E-state index in [-0.39, 0.29) is 11.5 Å². The summed E-state index contributed by atoms with van der Waals surface area (Å²) in [6.45, 7) is 6.62. The lowest BCUT2D eigenvalue weighted by atomic mass is 9.68. The van der Waals surface area contributed by atoms with Gasteiger partial charge in [0.05, 0.1) is 5.69 Å². The van der Waals surface area contributed by atoms with Crippen molar-refractivity contribution >= 4 is 33.1 Å². The standard InChI is InChI=1S/C19H28N4OS/c1-4-5-10-8-12(11-6-7-13(20)19(2,3)9-11)23-18-14(10)15(21)16(25-18)17(22)24/h8,11,13H,4-7,9,20-21H2,1-3H3,(H2,22,24). The maximum atomic E-state index is 11.7. The maximum absolute atomic E-state index is 11.7. The van der Waals surface area contributed by atoms with Crippen LogP contribution in [0, 0.1) is 5.41 Å². The SMILES string of the molecule is CCCc1cc(C2CCC(N)C(C)(C)C2)nc2sc(C(N)=O)c(N)c12. The van der Waals surface area contributed by atoms with E-state index in [1.165, 1.54) is 16.9 Å². The molecule has 0 bridgehead atoms. The van der Waals surface area contributed by atoms with Gasteiger partial charge in [-0.15, -0.1) is 11.3 Å². The first kappa shape index (κ1) is 18.1. The molecule has 6 N–H and O–H groups in total. The molecule has 1 amide bonds. The number of carbonyl (C=O) groups is 1. The molecule has 1 saturated carbocycles. The summed E-state index contributed by atoms with van der Waals surface area (Å²) >= 11 is 1.32. The van der Waals surface area contributed by atoms with Crippen LogP contribution in [-0.4, -0.2) is 16.9 Å². The van der Waals surface area contributed by atoms with Gasteiger partial charge < -0.3 is 17.2 Å². The smallest absolute Gasteiger partial charge is 0.260 e. The third-order valence-electron chi connectivity index (χ3n) is 5.56. The van der Waals surface area contributed by atoms with Crippen molar-refractivity contribution in [2.75, 3.05) is 5.73 Å². The quantitative estimate of drug-likeness (QED) is 0.774. The molecule has 1 aliphatic rings. The molecule has 2 unspecified atom stereocenters. The van der Waals surface area contributed by atoms with Crippen LogP contribution in [0.1, 0.15) is 73.3 Å². The van der Waals surface area contributed by atoms with Crippen molar-refractivity contribution in [1.82, 2.24) is 4.98 Å². The predicted molar refractivity (Wildman–Crippen MR) is 105 cm³/mol. The van der Waals surface area contributed by atoms with E-state index in [0.29, 0.717) is 16.5 Å². The van der Waals surface area contributed by atoms with Gasteiger partial charge >= 0.3 is 0 Å². The Kier molecular flexibility index (Phi) is 4.77. The number of anilines is 1. The van der Waals surface area contributed by atoms with Gasteiger partial charge in [0.15, 0.2) is 0 Å². The van der Waals surface area contributed by atoms with Crippen molar-refractivity contribution in [2.45, 2.75) is 64.8 Å². The second kappa shape index (κ2) is 6.57. The second-order valence-electron chi connectivity index (χ2n) is 7.92. The Hall–Kier alpha value is -1.66. The van der Waals surface area contributed by atoms with Crippen LogP contribution in [-0.2, 0) is 6.42 Å². The summed E-state index contributed by atoms with van der Waals surface area (Å²) in [6.07, 6.45) is 5.03. The number of primary amides is 1. The monoisotopic (exact) mass is 360 g/mol. The molecule has 0 aromatic carbocycles. The molecule has 25 heavy (non-hydrogen) atoms. The summed E-state index contributed by atoms with van der Waals surface area (Å²) in [5.41, 5.74) is 20.9. The van der Waals surface area contributed by atoms with Crippen LogP contribution < -0.4 is 17.2 Å². The first-order valence-electron chi connectivity index (χ1n) is 9.01. The number of nitrogen functional groups attached to an aromatic ring is 1. The largest absolute Gasteiger partial charge is 0.397 e. The Balaban J connectivity index is 2.09. The van der Waals surface area contributed by atoms with Gasteiger partial charge in [0.1, 0.15) is 9.71 Å². The third kappa shape index (κ3) is 3.25. The van der Waals surface area contributed by atoms with Crippen LogP contribution >= 0.6 is 11.3 Å². The number of thiophene rings is 1. The first-order chi connectivity index (χ1) is 11.7. The van der Waals surface area contributed by atoms with Crippen LogP contribution in [0.4, 0.5) is 5.69 Å². The molecular weight excluding hydrogens is 332 g/mol. The van der Waals surface area contributed by atoms with Crippen LogP contribution in [0.3, 0.4) is 0 Å². The molecule has 0 spiro atoms. The molecule has 2 atom stereocenters. The highest BCUT2D eigenvalue weighted by Gasteiger charge is 2.36. The lowest BCUT2D eigenvalue weighted by Crippen LogP contribution is -2.42. The zero-order valence-corrected chi connectivity index (χ0v) is 16.1. The number of fused-ring (bicyclic) bond motifs is 1. The van der Waals surface area contributed by atoms with E-state index >= 15 is 0 Å². The average Bonchev–Trinajstić information content (AvgIpc) is 2.87. The number of nitrogens with zero attached hydrogens (tertiary/aromatic N) is 1. The maximum Gasteiger partial charge on any atom is 0.260 e. The van der Waals surface area contributed by atoms with E-state index in [4.69, 9.17) is 22.2 Å². The van der Waals surface area contributed by atoms with Crippen molar-refractivity contribution in [1.29, 1.82) is 0 Å². The Morgan fingerprint density at radius 3 is 2.72 bits per heavy atom. The number of aromatic nitrogens is 1. The van der Waals surface area contributed by atoms with Gasteiger partial charge in [-0.05, 0) is 42.7 Å². The normalized spacial score (nSPS) is 23.0. The molecule has 5 nitrogen and oxygen atoms in total. The van der Waals surface area contributed by atoms with E-state index in [0.717, 1.165) is 48.0 Å². The highest BCUT2D eigenvalue weighted by atomic mass is 32.1. The Labute approximate surface area is 153 Å². The molecule has 0 saturated heterocycles. The summed E-state index contributed by atoms with van der Waals surface area (Å²) in [5.74, 6) is -0.0792. The number of pyridine rings is 1. The van der Waals surface area contributed by atoms with Crippen molar-refractivity contribution in [2.24, 2.45) is 16.9 Å². The van der Waals surface area contributed by atoms with Gasteiger partial charge in [0, 0.05) is 23.0 Å². The van der Waals surface area contributed by atoms with E-state index < -0.39 is 5.91 Å². The van der Waals surface area contributed by atoms with Gasteiger partial charge in [-0.3, -0.25) is 4.79 Å². The molecule has 2 aromatic rings. The number of rotatable bonds is 4. The fourth-order valence-electron chi connectivity index (χ4n) is 3.99. The predicted octanol–water partition coefficient (Wildman–Crippen LogP) is 3.55. The minimum Gasteiger partial charge on any atom is -0.397 e. The molecule has 2 heterocycles. The third-order valence-corrected chi connectivity index (χ3v) is 6.68. The molecule has 136 valence electrons. The summed E-state index contributed by atoms with van der Waals surface area (Å²) < 4.78 is 0. The average molecular weight is 361 g/mol. The fourth-order valence-corrected chi connectivity index (χ4v) is 4.99. The molecule has 0 aliphatic heterocycles. The Bertz CT molecular complexity index is 811. The lowest BCUT2D eigenvalue weighted by Gasteiger charge is -2.40. The van der Waals surface area contributed by atoms with E-state index in [1.54, 1.807) is 0 Å². The van der Waals surface area contributed by atoms with Crippen LogP contribution in [0.25, 0.3) is 10.2 Å². The van der Waals surface area contributed by atoms with E-state index in [1.807, 2.05) is 0 Å². The van der Waals surface area contributed by atoms with E-state index in [2.05, 4.69) is 26.8 Å². The molecule has 0 radical (unpaired) electrons. The number of hydrogen-bond donors (Lipinski definition) is 3. The number of carbonyl (C=O) groups excluding carboxylic acids is 1. The minimum atomic E-state index is -0.478. The van der Waals surface area contributed by atoms with Gasteiger partial charge in [0.25, 0.3) is 5.91 Å². The highest BCUT2D eigenvalue weighted by molar-refractivity contribution is 7.21. The van der Waals surface area contributed by atoms with Crippen molar-refractivity contribution in [3.63, 3.8) is 0 Å². The molecule has 6 heteroatoms. The minimum absolute atomic E-state index is 0.108. The zero-order valence-electron chi connectivity index (χ0n) is 15.3. The topological polar surface area (TPSA) is 108 Å². The van der Waals surface area contributed by atoms with Gasteiger partial charge in [-0.1, -0.05) is 27.2 Å². The molecule has 2 aromatic heterocycles. The lowest BCUT2D eigenvalue weighted by molar-refractivity contribution is 0.100. The number of hydrogen-bond acceptors (Lipinski definition) is 5. The number of amides is 1. The molecular formula is C19H28N4OS. The van der Waals surface area contributed by atoms with Gasteiger partial charge in [-0.25, -0.2) is 4.98 Å². The van der Waals surface area contributed by atoms with Crippen LogP contribution in [0.5, 0.6) is 0 Å². The van der Waals surface area contributed by atoms with Gasteiger partial charge in [0.2, 0.25) is 0 Å². The van der Waals surface area contributed by atoms with Crippen molar-refractivity contribution in [3.8, 4) is 0 Å². The molecule has 1 fully saturated rings. The Morgan fingerprint density at radius 2 is 2.12 bits per heavy atom. The van der Waals surface area contributed by atoms with Gasteiger partial charge in [-0.2, -0.15) is 0 Å². The highest BCUT2D eigenvalue weighted by Crippen LogP contribution is 2.44. The number of aryl methyl sites for hydroxylation is 1. The van der Waals surface area contributed by atoms with E-state index in [9.17, 15) is 4.79 Å². The number of nitrogens with two attached hydrogens (primary N) is 3. The summed E-state index contributed by atoms with van der Waals surface area (Å²) in [6, 6.07) is 2.43. The van der Waals surface area contributed by atoms with Crippen molar-refractivity contribution < 1.29 is 4.79 Å². The van der Waals surface area contributed by atoms with Crippen LogP contribution in [0.15, 0.2) is 6.07 Å². The molecule has 1 aliphatic carbocycles. The summed E-state index contributed by atoms with van der Waals surface area (Å²) in [4.78, 5) is 17.8. The summed E-state index contributed by atoms with van der Waals surface area (Å²) in [5, 5.41) is 0.913. The zero-order chi connectivity index (χ0) is 18.4. The summed E-state index contributed by atoms with van der Waals surface area (Å²) in [7, 11) is 0. The van der Waals surface area contributed by atoms with Crippen LogP contribution in [0.2, 0.25) is 0 Å². The van der Waals surface area contributed by atoms with Crippen molar-refractivity contribution in [3.05, 3.63) is 22.2 Å². The first-order valence-corrected chi connectivity index (χ1v) is 9.83. The fraction of sp³-hybridized carbons (Fsp3) is 0.579.